The summed E-state index contributed by atoms with van der Waals surface area (Å²) in [6.45, 7) is 6.26. The second-order valence-corrected chi connectivity index (χ2v) is 15.0. The standard InChI is InChI=1S/C40H44O13/c1-26-12-13-31-37(2,24-50-34(42)28-9-5-20-46-28)32(52-36(44)30-11-7-22-48-30)14-15-38(31,3)40(26)17-16-39(53-40,25-51-35(43)29-10-6-21-47-29)18-23-49-33(41)27-8-4-19-45-27/h4-11,19-22,26,31-32H,12-18,23-25H2,1-3H3/t26-,31+,32+,37+,38+,39-,40+/m1/s1. The molecule has 13 heteroatoms. The molecule has 7 rings (SSSR count). The first kappa shape index (κ1) is 36.3. The van der Waals surface area contributed by atoms with E-state index in [2.05, 4.69) is 13.8 Å². The zero-order valence-corrected chi connectivity index (χ0v) is 30.0. The van der Waals surface area contributed by atoms with E-state index >= 15 is 0 Å². The minimum absolute atomic E-state index is 0.00626. The van der Waals surface area contributed by atoms with Crippen LogP contribution in [0.25, 0.3) is 0 Å². The van der Waals surface area contributed by atoms with Gasteiger partial charge in [-0.25, -0.2) is 19.2 Å². The summed E-state index contributed by atoms with van der Waals surface area (Å²) in [6.07, 6.45) is 9.04. The Hall–Kier alpha value is -5.04. The first-order valence-electron chi connectivity index (χ1n) is 18.1. The van der Waals surface area contributed by atoms with E-state index in [1.54, 1.807) is 30.3 Å². The van der Waals surface area contributed by atoms with E-state index in [1.807, 2.05) is 6.92 Å². The molecule has 0 aromatic carbocycles. The molecule has 1 spiro atoms. The summed E-state index contributed by atoms with van der Waals surface area (Å²) >= 11 is 0. The molecule has 7 atom stereocenters. The van der Waals surface area contributed by atoms with Gasteiger partial charge in [-0.1, -0.05) is 20.8 Å². The van der Waals surface area contributed by atoms with Crippen molar-refractivity contribution in [2.75, 3.05) is 19.8 Å². The van der Waals surface area contributed by atoms with Gasteiger partial charge in [-0.05, 0) is 98.9 Å². The first-order valence-corrected chi connectivity index (χ1v) is 18.1. The highest BCUT2D eigenvalue weighted by atomic mass is 16.6. The van der Waals surface area contributed by atoms with E-state index in [0.29, 0.717) is 25.7 Å². The SMILES string of the molecule is C[C@@H]1CC[C@H]2[C@](C)(COC(=O)c3ccco3)[C@@H](OC(=O)c3ccco3)CC[C@]2(C)[C@]12CC[C@@](CCOC(=O)c1ccco1)(COC(=O)c1ccco1)O2. The minimum Gasteiger partial charge on any atom is -0.460 e. The zero-order valence-electron chi connectivity index (χ0n) is 30.0. The van der Waals surface area contributed by atoms with Crippen LogP contribution in [0.15, 0.2) is 91.3 Å². The lowest BCUT2D eigenvalue weighted by molar-refractivity contribution is -0.271. The van der Waals surface area contributed by atoms with Crippen LogP contribution in [0.5, 0.6) is 0 Å². The maximum absolute atomic E-state index is 13.3. The molecule has 2 aliphatic carbocycles. The van der Waals surface area contributed by atoms with Gasteiger partial charge < -0.3 is 41.4 Å². The maximum Gasteiger partial charge on any atom is 0.374 e. The van der Waals surface area contributed by atoms with Crippen LogP contribution in [0.2, 0.25) is 0 Å². The summed E-state index contributed by atoms with van der Waals surface area (Å²) < 4.78 is 52.1. The molecule has 282 valence electrons. The predicted octanol–water partition coefficient (Wildman–Crippen LogP) is 7.69. The van der Waals surface area contributed by atoms with Gasteiger partial charge >= 0.3 is 23.9 Å². The molecule has 0 bridgehead atoms. The summed E-state index contributed by atoms with van der Waals surface area (Å²) in [5.74, 6) is -2.19. The number of carbonyl (C=O) groups excluding carboxylic acids is 4. The molecule has 3 aliphatic rings. The third-order valence-electron chi connectivity index (χ3n) is 12.1. The molecule has 5 heterocycles. The van der Waals surface area contributed by atoms with Crippen molar-refractivity contribution in [1.29, 1.82) is 0 Å². The van der Waals surface area contributed by atoms with E-state index in [-0.39, 0.29) is 61.1 Å². The largest absolute Gasteiger partial charge is 0.460 e. The normalized spacial score (nSPS) is 30.7. The zero-order chi connectivity index (χ0) is 37.3. The Morgan fingerprint density at radius 3 is 1.74 bits per heavy atom. The van der Waals surface area contributed by atoms with Crippen LogP contribution < -0.4 is 0 Å². The molecular weight excluding hydrogens is 688 g/mol. The fourth-order valence-electron chi connectivity index (χ4n) is 9.37. The number of hydrogen-bond donors (Lipinski definition) is 0. The van der Waals surface area contributed by atoms with Gasteiger partial charge in [0.1, 0.15) is 24.9 Å². The molecule has 0 unspecified atom stereocenters. The third kappa shape index (κ3) is 6.71. The Morgan fingerprint density at radius 1 is 0.660 bits per heavy atom. The van der Waals surface area contributed by atoms with E-state index in [0.717, 1.165) is 12.8 Å². The van der Waals surface area contributed by atoms with Crippen LogP contribution in [-0.2, 0) is 23.7 Å². The van der Waals surface area contributed by atoms with E-state index in [1.165, 1.54) is 43.3 Å². The third-order valence-corrected chi connectivity index (χ3v) is 12.1. The molecular formula is C40H44O13. The van der Waals surface area contributed by atoms with Crippen molar-refractivity contribution in [2.45, 2.75) is 83.0 Å². The molecule has 0 radical (unpaired) electrons. The number of hydrogen-bond acceptors (Lipinski definition) is 13. The maximum atomic E-state index is 13.3. The van der Waals surface area contributed by atoms with Gasteiger partial charge in [-0.3, -0.25) is 0 Å². The van der Waals surface area contributed by atoms with Crippen LogP contribution in [0, 0.1) is 22.7 Å². The van der Waals surface area contributed by atoms with Gasteiger partial charge in [-0.15, -0.1) is 0 Å². The van der Waals surface area contributed by atoms with Crippen molar-refractivity contribution in [3.8, 4) is 0 Å². The van der Waals surface area contributed by atoms with Gasteiger partial charge in [0.05, 0.1) is 37.3 Å². The van der Waals surface area contributed by atoms with Crippen LogP contribution in [-0.4, -0.2) is 61.0 Å². The number of rotatable bonds is 12. The molecule has 1 saturated heterocycles. The van der Waals surface area contributed by atoms with Crippen molar-refractivity contribution in [1.82, 2.24) is 0 Å². The number of ether oxygens (including phenoxy) is 5. The molecule has 0 N–H and O–H groups in total. The molecule has 13 nitrogen and oxygen atoms in total. The second-order valence-electron chi connectivity index (χ2n) is 15.0. The van der Waals surface area contributed by atoms with Crippen LogP contribution in [0.4, 0.5) is 0 Å². The van der Waals surface area contributed by atoms with Crippen molar-refractivity contribution >= 4 is 23.9 Å². The summed E-state index contributed by atoms with van der Waals surface area (Å²) in [4.78, 5) is 52.1. The summed E-state index contributed by atoms with van der Waals surface area (Å²) in [6, 6.07) is 12.6. The van der Waals surface area contributed by atoms with Gasteiger partial charge in [0.15, 0.2) is 0 Å². The molecule has 0 amide bonds. The topological polar surface area (TPSA) is 167 Å². The van der Waals surface area contributed by atoms with Gasteiger partial charge in [-0.2, -0.15) is 0 Å². The molecule has 4 aromatic rings. The fourth-order valence-corrected chi connectivity index (χ4v) is 9.37. The Kier molecular flexibility index (Phi) is 9.88. The first-order chi connectivity index (χ1) is 25.5. The van der Waals surface area contributed by atoms with E-state index in [4.69, 9.17) is 41.4 Å². The summed E-state index contributed by atoms with van der Waals surface area (Å²) in [7, 11) is 0. The Bertz CT molecular complexity index is 1860. The average molecular weight is 733 g/mol. The quantitative estimate of drug-likeness (QED) is 0.103. The highest BCUT2D eigenvalue weighted by molar-refractivity contribution is 5.87. The second kappa shape index (κ2) is 14.4. The van der Waals surface area contributed by atoms with Crippen LogP contribution >= 0.6 is 0 Å². The van der Waals surface area contributed by atoms with Crippen LogP contribution in [0.3, 0.4) is 0 Å². The van der Waals surface area contributed by atoms with E-state index in [9.17, 15) is 19.2 Å². The predicted molar refractivity (Wildman–Crippen MR) is 183 cm³/mol. The number of esters is 4. The fraction of sp³-hybridized carbons (Fsp3) is 0.500. The van der Waals surface area contributed by atoms with Crippen LogP contribution in [0.1, 0.15) is 108 Å². The molecule has 4 aromatic heterocycles. The Balaban J connectivity index is 1.18. The van der Waals surface area contributed by atoms with Gasteiger partial charge in [0.2, 0.25) is 23.0 Å². The summed E-state index contributed by atoms with van der Waals surface area (Å²) in [5.41, 5.74) is -3.08. The highest BCUT2D eigenvalue weighted by Crippen LogP contribution is 2.68. The van der Waals surface area contributed by atoms with Gasteiger partial charge in [0.25, 0.3) is 0 Å². The smallest absolute Gasteiger partial charge is 0.374 e. The molecule has 53 heavy (non-hydrogen) atoms. The number of furan rings is 4. The number of carbonyl (C=O) groups is 4. The lowest BCUT2D eigenvalue weighted by Crippen LogP contribution is -2.67. The minimum atomic E-state index is -1.00. The number of fused-ring (bicyclic) bond motifs is 2. The summed E-state index contributed by atoms with van der Waals surface area (Å²) in [5, 5.41) is 0. The van der Waals surface area contributed by atoms with E-state index < -0.39 is 52.0 Å². The molecule has 3 fully saturated rings. The van der Waals surface area contributed by atoms with Crippen molar-refractivity contribution in [3.63, 3.8) is 0 Å². The van der Waals surface area contributed by atoms with Crippen molar-refractivity contribution in [2.24, 2.45) is 22.7 Å². The molecule has 1 aliphatic heterocycles. The van der Waals surface area contributed by atoms with Crippen molar-refractivity contribution in [3.05, 3.63) is 96.6 Å². The lowest BCUT2D eigenvalue weighted by atomic mass is 9.43. The monoisotopic (exact) mass is 732 g/mol. The lowest BCUT2D eigenvalue weighted by Gasteiger charge is -2.65. The highest BCUT2D eigenvalue weighted by Gasteiger charge is 2.70. The van der Waals surface area contributed by atoms with Gasteiger partial charge in [0, 0.05) is 17.3 Å². The van der Waals surface area contributed by atoms with Crippen molar-refractivity contribution < 1.29 is 60.5 Å². The molecule has 2 saturated carbocycles. The Morgan fingerprint density at radius 2 is 1.19 bits per heavy atom. The average Bonchev–Trinajstić information content (AvgIpc) is 4.00. The Labute approximate surface area is 306 Å².